The van der Waals surface area contributed by atoms with Crippen molar-refractivity contribution in [2.75, 3.05) is 10.6 Å². The molecule has 0 spiro atoms. The number of aryl methyl sites for hydroxylation is 3. The van der Waals surface area contributed by atoms with Crippen LogP contribution in [-0.4, -0.2) is 31.4 Å². The molecule has 0 aliphatic carbocycles. The molecule has 3 aromatic rings. The van der Waals surface area contributed by atoms with Gasteiger partial charge < -0.3 is 10.6 Å². The highest BCUT2D eigenvalue weighted by atomic mass is 35.5. The van der Waals surface area contributed by atoms with Gasteiger partial charge in [0.1, 0.15) is 0 Å². The number of amides is 2. The number of carbonyl (C=O) groups is 2. The Labute approximate surface area is 173 Å². The van der Waals surface area contributed by atoms with Gasteiger partial charge in [0.15, 0.2) is 5.69 Å². The molecule has 2 N–H and O–H groups in total. The number of carbonyl (C=O) groups excluding carboxylic acids is 2. The predicted molar refractivity (Wildman–Crippen MR) is 112 cm³/mol. The first-order chi connectivity index (χ1) is 13.9. The Hall–Kier alpha value is -3.13. The number of benzene rings is 1. The second kappa shape index (κ2) is 8.91. The van der Waals surface area contributed by atoms with Gasteiger partial charge in [-0.1, -0.05) is 29.8 Å². The highest BCUT2D eigenvalue weighted by molar-refractivity contribution is 6.31. The predicted octanol–water partition coefficient (Wildman–Crippen LogP) is 3.65. The molecule has 152 valence electrons. The van der Waals surface area contributed by atoms with E-state index in [1.165, 1.54) is 0 Å². The normalized spacial score (nSPS) is 10.8. The van der Waals surface area contributed by atoms with Gasteiger partial charge in [0, 0.05) is 24.8 Å². The van der Waals surface area contributed by atoms with Crippen LogP contribution in [0.1, 0.15) is 35.2 Å². The molecule has 0 aliphatic rings. The van der Waals surface area contributed by atoms with Crippen molar-refractivity contribution in [3.63, 3.8) is 0 Å². The summed E-state index contributed by atoms with van der Waals surface area (Å²) in [6, 6.07) is 9.09. The number of nitrogens with zero attached hydrogens (tertiary/aromatic N) is 4. The van der Waals surface area contributed by atoms with E-state index in [1.54, 1.807) is 27.7 Å². The summed E-state index contributed by atoms with van der Waals surface area (Å²) in [5.74, 6) is -0.623. The number of halogens is 1. The van der Waals surface area contributed by atoms with Gasteiger partial charge in [-0.3, -0.25) is 19.0 Å². The van der Waals surface area contributed by atoms with Crippen molar-refractivity contribution in [1.29, 1.82) is 0 Å². The Kier molecular flexibility index (Phi) is 6.33. The zero-order valence-corrected chi connectivity index (χ0v) is 17.3. The molecule has 2 amide bonds. The number of para-hydroxylation sites is 1. The summed E-state index contributed by atoms with van der Waals surface area (Å²) >= 11 is 6.14. The first kappa shape index (κ1) is 20.6. The van der Waals surface area contributed by atoms with Crippen molar-refractivity contribution in [2.24, 2.45) is 0 Å². The average Bonchev–Trinajstić information content (AvgIpc) is 3.23. The highest BCUT2D eigenvalue weighted by Crippen LogP contribution is 2.20. The highest BCUT2D eigenvalue weighted by Gasteiger charge is 2.19. The van der Waals surface area contributed by atoms with E-state index in [0.717, 1.165) is 11.4 Å². The Morgan fingerprint density at radius 2 is 1.83 bits per heavy atom. The van der Waals surface area contributed by atoms with Gasteiger partial charge >= 0.3 is 0 Å². The summed E-state index contributed by atoms with van der Waals surface area (Å²) in [5, 5.41) is 14.8. The third-order valence-electron chi connectivity index (χ3n) is 4.45. The van der Waals surface area contributed by atoms with Gasteiger partial charge in [0.25, 0.3) is 5.91 Å². The minimum Gasteiger partial charge on any atom is -0.323 e. The maximum Gasteiger partial charge on any atom is 0.278 e. The number of hydrogen-bond acceptors (Lipinski definition) is 4. The molecule has 8 nitrogen and oxygen atoms in total. The Bertz CT molecular complexity index is 1030. The van der Waals surface area contributed by atoms with Crippen LogP contribution in [-0.2, 0) is 17.9 Å². The fourth-order valence-corrected chi connectivity index (χ4v) is 3.00. The molecule has 0 aliphatic heterocycles. The second-order valence-electron chi connectivity index (χ2n) is 6.57. The Morgan fingerprint density at radius 3 is 2.45 bits per heavy atom. The fraction of sp³-hybridized carbons (Fsp3) is 0.300. The topological polar surface area (TPSA) is 93.8 Å². The van der Waals surface area contributed by atoms with Crippen molar-refractivity contribution < 1.29 is 9.59 Å². The van der Waals surface area contributed by atoms with Crippen molar-refractivity contribution >= 4 is 34.8 Å². The van der Waals surface area contributed by atoms with Gasteiger partial charge in [-0.05, 0) is 32.9 Å². The zero-order valence-electron chi connectivity index (χ0n) is 16.6. The summed E-state index contributed by atoms with van der Waals surface area (Å²) in [4.78, 5) is 25.1. The van der Waals surface area contributed by atoms with E-state index in [1.807, 2.05) is 39.0 Å². The van der Waals surface area contributed by atoms with Crippen LogP contribution < -0.4 is 10.6 Å². The lowest BCUT2D eigenvalue weighted by atomic mass is 10.3. The smallest absolute Gasteiger partial charge is 0.278 e. The maximum atomic E-state index is 12.6. The maximum absolute atomic E-state index is 12.6. The third-order valence-corrected chi connectivity index (χ3v) is 5.00. The van der Waals surface area contributed by atoms with E-state index in [0.29, 0.717) is 29.5 Å². The standard InChI is InChI=1S/C20H23ClN6O2/c1-4-26-12-16(19(25-26)20(29)22-15-8-6-5-7-9-15)23-17(28)10-11-27-14(3)18(21)13(2)24-27/h5-9,12H,4,10-11H2,1-3H3,(H,22,29)(H,23,28). The van der Waals surface area contributed by atoms with Crippen molar-refractivity contribution in [3.05, 3.63) is 58.6 Å². The summed E-state index contributed by atoms with van der Waals surface area (Å²) in [5.41, 5.74) is 2.74. The molecule has 9 heteroatoms. The molecule has 0 atom stereocenters. The lowest BCUT2D eigenvalue weighted by Gasteiger charge is -2.07. The number of rotatable bonds is 7. The van der Waals surface area contributed by atoms with Gasteiger partial charge in [0.2, 0.25) is 5.91 Å². The van der Waals surface area contributed by atoms with Crippen molar-refractivity contribution in [1.82, 2.24) is 19.6 Å². The van der Waals surface area contributed by atoms with Crippen LogP contribution in [0.2, 0.25) is 5.02 Å². The monoisotopic (exact) mass is 414 g/mol. The third kappa shape index (κ3) is 4.83. The Morgan fingerprint density at radius 1 is 1.10 bits per heavy atom. The number of hydrogen-bond donors (Lipinski definition) is 2. The second-order valence-corrected chi connectivity index (χ2v) is 6.95. The van der Waals surface area contributed by atoms with Crippen LogP contribution in [0, 0.1) is 13.8 Å². The lowest BCUT2D eigenvalue weighted by molar-refractivity contribution is -0.116. The summed E-state index contributed by atoms with van der Waals surface area (Å²) in [6.45, 7) is 6.55. The molecule has 0 saturated carbocycles. The summed E-state index contributed by atoms with van der Waals surface area (Å²) < 4.78 is 3.31. The molecule has 2 aromatic heterocycles. The lowest BCUT2D eigenvalue weighted by Crippen LogP contribution is -2.19. The van der Waals surface area contributed by atoms with E-state index in [4.69, 9.17) is 11.6 Å². The number of aromatic nitrogens is 4. The van der Waals surface area contributed by atoms with Crippen LogP contribution in [0.15, 0.2) is 36.5 Å². The molecule has 0 fully saturated rings. The van der Waals surface area contributed by atoms with E-state index in [2.05, 4.69) is 20.8 Å². The van der Waals surface area contributed by atoms with Crippen LogP contribution in [0.3, 0.4) is 0 Å². The van der Waals surface area contributed by atoms with Crippen LogP contribution >= 0.6 is 11.6 Å². The molecule has 0 unspecified atom stereocenters. The quantitative estimate of drug-likeness (QED) is 0.617. The number of anilines is 2. The molecular formula is C20H23ClN6O2. The number of nitrogens with one attached hydrogen (secondary N) is 2. The summed E-state index contributed by atoms with van der Waals surface area (Å²) in [7, 11) is 0. The van der Waals surface area contributed by atoms with Gasteiger partial charge in [-0.15, -0.1) is 0 Å². The van der Waals surface area contributed by atoms with E-state index < -0.39 is 0 Å². The summed E-state index contributed by atoms with van der Waals surface area (Å²) in [6.07, 6.45) is 1.84. The molecule has 2 heterocycles. The minimum absolute atomic E-state index is 0.165. The van der Waals surface area contributed by atoms with E-state index >= 15 is 0 Å². The van der Waals surface area contributed by atoms with Gasteiger partial charge in [-0.25, -0.2) is 0 Å². The first-order valence-electron chi connectivity index (χ1n) is 9.32. The SMILES string of the molecule is CCn1cc(NC(=O)CCn2nc(C)c(Cl)c2C)c(C(=O)Nc2ccccc2)n1. The minimum atomic E-state index is -0.385. The molecule has 0 bridgehead atoms. The largest absolute Gasteiger partial charge is 0.323 e. The van der Waals surface area contributed by atoms with Gasteiger partial charge in [0.05, 0.1) is 28.6 Å². The van der Waals surface area contributed by atoms with Crippen LogP contribution in [0.4, 0.5) is 11.4 Å². The van der Waals surface area contributed by atoms with E-state index in [9.17, 15) is 9.59 Å². The molecule has 1 aromatic carbocycles. The molecule has 0 radical (unpaired) electrons. The molecular weight excluding hydrogens is 392 g/mol. The Balaban J connectivity index is 1.69. The molecule has 29 heavy (non-hydrogen) atoms. The van der Waals surface area contributed by atoms with Gasteiger partial charge in [-0.2, -0.15) is 10.2 Å². The molecule has 0 saturated heterocycles. The van der Waals surface area contributed by atoms with Crippen molar-refractivity contribution in [2.45, 2.75) is 40.3 Å². The van der Waals surface area contributed by atoms with Crippen molar-refractivity contribution in [3.8, 4) is 0 Å². The zero-order chi connectivity index (χ0) is 21.0. The first-order valence-corrected chi connectivity index (χ1v) is 9.70. The van der Waals surface area contributed by atoms with Crippen LogP contribution in [0.25, 0.3) is 0 Å². The van der Waals surface area contributed by atoms with E-state index in [-0.39, 0.29) is 23.9 Å². The molecule has 3 rings (SSSR count). The fourth-order valence-electron chi connectivity index (χ4n) is 2.87. The van der Waals surface area contributed by atoms with Crippen LogP contribution in [0.5, 0.6) is 0 Å². The average molecular weight is 415 g/mol.